The minimum Gasteiger partial charge on any atom is -0.394 e. The van der Waals surface area contributed by atoms with Crippen molar-refractivity contribution in [2.24, 2.45) is 0 Å². The van der Waals surface area contributed by atoms with Crippen molar-refractivity contribution in [3.8, 4) is 0 Å². The van der Waals surface area contributed by atoms with Crippen molar-refractivity contribution in [2.45, 2.75) is 98.4 Å². The highest BCUT2D eigenvalue weighted by molar-refractivity contribution is 5.10. The molecule has 0 spiro atoms. The second-order valence-electron chi connectivity index (χ2n) is 8.57. The van der Waals surface area contributed by atoms with Gasteiger partial charge in [-0.3, -0.25) is 0 Å². The van der Waals surface area contributed by atoms with Crippen LogP contribution in [0, 0.1) is 0 Å². The Kier molecular flexibility index (Phi) is 8.32. The van der Waals surface area contributed by atoms with E-state index in [4.69, 9.17) is 18.9 Å². The second kappa shape index (κ2) is 10.2. The maximum absolute atomic E-state index is 11.2. The summed E-state index contributed by atoms with van der Waals surface area (Å²) in [5.74, 6) is 0. The predicted octanol–water partition coefficient (Wildman–Crippen LogP) is -7.16. The predicted molar refractivity (Wildman–Crippen MR) is 99.9 cm³/mol. The highest BCUT2D eigenvalue weighted by Crippen LogP contribution is 2.40. The van der Waals surface area contributed by atoms with E-state index in [1.165, 1.54) is 6.92 Å². The van der Waals surface area contributed by atoms with Gasteiger partial charge in [0.25, 0.3) is 0 Å². The molecular weight excluding hydrogens is 456 g/mol. The fourth-order valence-corrected chi connectivity index (χ4v) is 4.35. The van der Waals surface area contributed by atoms with Crippen molar-refractivity contribution < 1.29 is 75.1 Å². The topological polar surface area (TPSA) is 259 Å². The van der Waals surface area contributed by atoms with E-state index >= 15 is 0 Å². The van der Waals surface area contributed by atoms with Gasteiger partial charge in [-0.05, 0) is 6.92 Å². The Labute approximate surface area is 187 Å². The number of hydrogen-bond donors (Lipinski definition) is 11. The first kappa shape index (κ1) is 27.0. The van der Waals surface area contributed by atoms with E-state index < -0.39 is 105 Å². The molecule has 11 N–H and O–H groups in total. The maximum atomic E-state index is 11.2. The average Bonchev–Trinajstić information content (AvgIpc) is 2.80. The normalized spacial score (nSPS) is 56.0. The lowest BCUT2D eigenvalue weighted by molar-refractivity contribution is -0.399. The number of aliphatic hydroxyl groups excluding tert-OH is 10. The molecule has 3 rings (SSSR count). The lowest BCUT2D eigenvalue weighted by Crippen LogP contribution is -2.77. The van der Waals surface area contributed by atoms with Crippen LogP contribution in [0.3, 0.4) is 0 Å². The van der Waals surface area contributed by atoms with E-state index in [9.17, 15) is 56.2 Å². The molecule has 0 aromatic rings. The van der Waals surface area contributed by atoms with Gasteiger partial charge in [-0.25, -0.2) is 0 Å². The number of ether oxygens (including phenoxy) is 4. The molecule has 0 aromatic heterocycles. The zero-order chi connectivity index (χ0) is 24.8. The van der Waals surface area contributed by atoms with E-state index in [1.54, 1.807) is 0 Å². The monoisotopic (exact) mass is 488 g/mol. The highest BCUT2D eigenvalue weighted by atomic mass is 16.7. The van der Waals surface area contributed by atoms with E-state index in [1.807, 2.05) is 0 Å². The molecule has 0 saturated carbocycles. The Balaban J connectivity index is 1.89. The van der Waals surface area contributed by atoms with E-state index in [0.717, 1.165) is 0 Å². The van der Waals surface area contributed by atoms with Gasteiger partial charge in [-0.1, -0.05) is 0 Å². The van der Waals surface area contributed by atoms with Crippen LogP contribution in [0.1, 0.15) is 6.92 Å². The summed E-state index contributed by atoms with van der Waals surface area (Å²) in [6.07, 6.45) is -24.9. The Morgan fingerprint density at radius 3 is 1.85 bits per heavy atom. The fraction of sp³-hybridized carbons (Fsp3) is 1.00. The van der Waals surface area contributed by atoms with Crippen LogP contribution in [-0.4, -0.2) is 161 Å². The van der Waals surface area contributed by atoms with Crippen molar-refractivity contribution >= 4 is 0 Å². The molecule has 1 unspecified atom stereocenters. The van der Waals surface area contributed by atoms with Crippen LogP contribution in [-0.2, 0) is 18.9 Å². The summed E-state index contributed by atoms with van der Waals surface area (Å²) < 4.78 is 21.1. The van der Waals surface area contributed by atoms with Gasteiger partial charge < -0.3 is 75.1 Å². The zero-order valence-corrected chi connectivity index (χ0v) is 17.5. The van der Waals surface area contributed by atoms with Crippen molar-refractivity contribution in [3.63, 3.8) is 0 Å². The molecule has 194 valence electrons. The van der Waals surface area contributed by atoms with Crippen molar-refractivity contribution in [1.82, 2.24) is 0 Å². The second-order valence-corrected chi connectivity index (χ2v) is 8.57. The molecule has 3 saturated heterocycles. The van der Waals surface area contributed by atoms with E-state index in [0.29, 0.717) is 0 Å². The van der Waals surface area contributed by atoms with Crippen molar-refractivity contribution in [1.29, 1.82) is 0 Å². The minimum atomic E-state index is -2.89. The molecular formula is C18H32O15. The molecule has 33 heavy (non-hydrogen) atoms. The Bertz CT molecular complexity index is 652. The number of hydrogen-bond acceptors (Lipinski definition) is 15. The molecule has 0 radical (unpaired) electrons. The summed E-state index contributed by atoms with van der Waals surface area (Å²) in [5, 5.41) is 112. The number of rotatable bonds is 5. The summed E-state index contributed by atoms with van der Waals surface area (Å²) in [6, 6.07) is 0. The summed E-state index contributed by atoms with van der Waals surface area (Å²) >= 11 is 0. The first-order valence-electron chi connectivity index (χ1n) is 10.4. The molecule has 15 nitrogen and oxygen atoms in total. The molecule has 3 aliphatic heterocycles. The Morgan fingerprint density at radius 2 is 1.27 bits per heavy atom. The van der Waals surface area contributed by atoms with Gasteiger partial charge in [0.2, 0.25) is 0 Å². The fourth-order valence-electron chi connectivity index (χ4n) is 4.35. The largest absolute Gasteiger partial charge is 0.394 e. The molecule has 15 heteroatoms. The minimum absolute atomic E-state index is 0.777. The van der Waals surface area contributed by atoms with Crippen LogP contribution < -0.4 is 0 Å². The smallest absolute Gasteiger partial charge is 0.189 e. The molecule has 0 amide bonds. The zero-order valence-electron chi connectivity index (χ0n) is 17.5. The van der Waals surface area contributed by atoms with Crippen molar-refractivity contribution in [2.75, 3.05) is 13.2 Å². The summed E-state index contributed by atoms with van der Waals surface area (Å²) in [5.41, 5.74) is -2.89. The van der Waals surface area contributed by atoms with Gasteiger partial charge in [0, 0.05) is 0 Å². The molecule has 0 aliphatic carbocycles. The quantitative estimate of drug-likeness (QED) is 0.172. The third kappa shape index (κ3) is 4.53. The Hall–Kier alpha value is -0.600. The molecule has 15 atom stereocenters. The summed E-state index contributed by atoms with van der Waals surface area (Å²) in [6.45, 7) is -0.351. The molecule has 0 bridgehead atoms. The van der Waals surface area contributed by atoms with Crippen LogP contribution >= 0.6 is 0 Å². The lowest BCUT2D eigenvalue weighted by atomic mass is 9.77. The van der Waals surface area contributed by atoms with Crippen LogP contribution in [0.25, 0.3) is 0 Å². The molecule has 0 aromatic carbocycles. The standard InChI is InChI=1S/C18H32O15/c1-4-7(21)9(23)11(25)15(30-4)18(29)14(27)13(6(3-20)32-17(18)28)33-16-12(26)10(24)8(22)5(2-19)31-16/h4-17,19-29H,2-3H2,1H3/t4-,5+,6+,7+,8-,9+,10-,11-,12+,13+,14-,15+,16-,17?,18-/m0/s1. The molecule has 3 heterocycles. The van der Waals surface area contributed by atoms with E-state index in [-0.39, 0.29) is 0 Å². The van der Waals surface area contributed by atoms with Crippen LogP contribution in [0.2, 0.25) is 0 Å². The first-order chi connectivity index (χ1) is 15.4. The average molecular weight is 488 g/mol. The van der Waals surface area contributed by atoms with Gasteiger partial charge >= 0.3 is 0 Å². The van der Waals surface area contributed by atoms with Crippen LogP contribution in [0.15, 0.2) is 0 Å². The van der Waals surface area contributed by atoms with Crippen LogP contribution in [0.5, 0.6) is 0 Å². The van der Waals surface area contributed by atoms with Gasteiger partial charge in [-0.2, -0.15) is 0 Å². The van der Waals surface area contributed by atoms with Gasteiger partial charge in [-0.15, -0.1) is 0 Å². The lowest BCUT2D eigenvalue weighted by Gasteiger charge is -2.54. The highest BCUT2D eigenvalue weighted by Gasteiger charge is 2.64. The summed E-state index contributed by atoms with van der Waals surface area (Å²) in [7, 11) is 0. The maximum Gasteiger partial charge on any atom is 0.189 e. The van der Waals surface area contributed by atoms with Gasteiger partial charge in [0.05, 0.1) is 19.3 Å². The first-order valence-corrected chi connectivity index (χ1v) is 10.4. The molecule has 3 fully saturated rings. The third-order valence-electron chi connectivity index (χ3n) is 6.48. The summed E-state index contributed by atoms with van der Waals surface area (Å²) in [4.78, 5) is 0. The van der Waals surface area contributed by atoms with Gasteiger partial charge in [0.15, 0.2) is 18.2 Å². The third-order valence-corrected chi connectivity index (χ3v) is 6.48. The van der Waals surface area contributed by atoms with Crippen LogP contribution in [0.4, 0.5) is 0 Å². The number of aliphatic hydroxyl groups is 11. The SMILES string of the molecule is C[C@@H]1O[C@@H]([C@]2(O)C(O)O[C@H](CO)[C@@H](O[C@@H]3O[C@H](CO)[C@H](O)[C@H](O)[C@H]3O)[C@@H]2O)[C@@H](O)[C@H](O)[C@@H]1O. The van der Waals surface area contributed by atoms with E-state index in [2.05, 4.69) is 0 Å². The van der Waals surface area contributed by atoms with Crippen molar-refractivity contribution in [3.05, 3.63) is 0 Å². The Morgan fingerprint density at radius 1 is 0.697 bits per heavy atom. The van der Waals surface area contributed by atoms with Gasteiger partial charge in [0.1, 0.15) is 67.1 Å². The molecule has 3 aliphatic rings.